The summed E-state index contributed by atoms with van der Waals surface area (Å²) in [6.45, 7) is 0. The largest absolute Gasteiger partial charge is 0.507 e. The van der Waals surface area contributed by atoms with Crippen LogP contribution >= 0.6 is 0 Å². The molecule has 0 fully saturated rings. The van der Waals surface area contributed by atoms with E-state index < -0.39 is 5.63 Å². The van der Waals surface area contributed by atoms with Crippen LogP contribution in [0.1, 0.15) is 40.4 Å². The van der Waals surface area contributed by atoms with Gasteiger partial charge in [0.2, 0.25) is 0 Å². The summed E-state index contributed by atoms with van der Waals surface area (Å²) in [6, 6.07) is 32.3. The molecule has 4 rings (SSSR count). The van der Waals surface area contributed by atoms with Crippen molar-refractivity contribution in [1.29, 1.82) is 0 Å². The lowest BCUT2D eigenvalue weighted by atomic mass is 9.88. The second-order valence-corrected chi connectivity index (χ2v) is 8.20. The SMILES string of the molecule is O=c1oc(CC(Cc2ccccc2)c2ccccc2)cc(O)c1CCCc1ccccc1. The van der Waals surface area contributed by atoms with Gasteiger partial charge in [0.1, 0.15) is 11.5 Å². The maximum Gasteiger partial charge on any atom is 0.342 e. The molecule has 3 nitrogen and oxygen atoms in total. The summed E-state index contributed by atoms with van der Waals surface area (Å²) in [4.78, 5) is 12.7. The zero-order valence-corrected chi connectivity index (χ0v) is 18.1. The third kappa shape index (κ3) is 5.76. The van der Waals surface area contributed by atoms with Crippen molar-refractivity contribution in [2.75, 3.05) is 0 Å². The van der Waals surface area contributed by atoms with E-state index in [9.17, 15) is 9.90 Å². The van der Waals surface area contributed by atoms with Crippen molar-refractivity contribution >= 4 is 0 Å². The molecule has 1 atom stereocenters. The molecule has 3 aromatic carbocycles. The minimum absolute atomic E-state index is 0.0378. The van der Waals surface area contributed by atoms with Crippen LogP contribution in [-0.2, 0) is 25.7 Å². The summed E-state index contributed by atoms with van der Waals surface area (Å²) in [5.74, 6) is 0.699. The highest BCUT2D eigenvalue weighted by atomic mass is 16.4. The van der Waals surface area contributed by atoms with Gasteiger partial charge in [-0.15, -0.1) is 0 Å². The fraction of sp³-hybridized carbons (Fsp3) is 0.207. The minimum Gasteiger partial charge on any atom is -0.507 e. The Hall–Kier alpha value is -3.59. The minimum atomic E-state index is -0.431. The van der Waals surface area contributed by atoms with Crippen LogP contribution in [0.4, 0.5) is 0 Å². The van der Waals surface area contributed by atoms with Gasteiger partial charge in [-0.25, -0.2) is 4.79 Å². The quantitative estimate of drug-likeness (QED) is 0.354. The molecule has 1 aromatic heterocycles. The molecule has 0 radical (unpaired) electrons. The fourth-order valence-electron chi connectivity index (χ4n) is 4.17. The van der Waals surface area contributed by atoms with Crippen LogP contribution in [0.2, 0.25) is 0 Å². The Morgan fingerprint density at radius 1 is 0.719 bits per heavy atom. The van der Waals surface area contributed by atoms with Crippen molar-refractivity contribution in [3.05, 3.63) is 135 Å². The first-order valence-corrected chi connectivity index (χ1v) is 11.2. The van der Waals surface area contributed by atoms with Gasteiger partial charge >= 0.3 is 5.63 Å². The molecule has 0 aliphatic heterocycles. The molecule has 3 heteroatoms. The maximum atomic E-state index is 12.7. The van der Waals surface area contributed by atoms with Gasteiger partial charge in [0.05, 0.1) is 5.56 Å². The van der Waals surface area contributed by atoms with E-state index in [4.69, 9.17) is 4.42 Å². The van der Waals surface area contributed by atoms with E-state index >= 15 is 0 Å². The molecule has 32 heavy (non-hydrogen) atoms. The third-order valence-corrected chi connectivity index (χ3v) is 5.86. The number of hydrogen-bond donors (Lipinski definition) is 1. The molecule has 0 bridgehead atoms. The number of aromatic hydroxyl groups is 1. The van der Waals surface area contributed by atoms with Crippen molar-refractivity contribution in [1.82, 2.24) is 0 Å². The number of benzene rings is 3. The molecule has 0 aliphatic carbocycles. The summed E-state index contributed by atoms with van der Waals surface area (Å²) < 4.78 is 5.67. The molecule has 0 amide bonds. The van der Waals surface area contributed by atoms with Gasteiger partial charge in [-0.05, 0) is 48.3 Å². The number of hydrogen-bond acceptors (Lipinski definition) is 3. The lowest BCUT2D eigenvalue weighted by molar-refractivity contribution is 0.402. The first kappa shape index (κ1) is 21.6. The highest BCUT2D eigenvalue weighted by molar-refractivity contribution is 5.32. The summed E-state index contributed by atoms with van der Waals surface area (Å²) in [6.07, 6.45) is 3.51. The van der Waals surface area contributed by atoms with Gasteiger partial charge in [0.15, 0.2) is 0 Å². The molecule has 0 saturated heterocycles. The monoisotopic (exact) mass is 424 g/mol. The molecule has 1 heterocycles. The predicted octanol–water partition coefficient (Wildman–Crippen LogP) is 6.09. The zero-order chi connectivity index (χ0) is 22.2. The van der Waals surface area contributed by atoms with Crippen molar-refractivity contribution in [3.8, 4) is 5.75 Å². The van der Waals surface area contributed by atoms with E-state index in [1.165, 1.54) is 16.7 Å². The maximum absolute atomic E-state index is 12.7. The van der Waals surface area contributed by atoms with Gasteiger partial charge in [0, 0.05) is 12.5 Å². The van der Waals surface area contributed by atoms with Gasteiger partial charge < -0.3 is 9.52 Å². The molecule has 0 aliphatic rings. The van der Waals surface area contributed by atoms with Crippen LogP contribution in [-0.4, -0.2) is 5.11 Å². The molecular formula is C29H28O3. The normalized spacial score (nSPS) is 11.9. The Kier molecular flexibility index (Phi) is 7.19. The van der Waals surface area contributed by atoms with E-state index in [-0.39, 0.29) is 11.7 Å². The highest BCUT2D eigenvalue weighted by Gasteiger charge is 2.18. The molecular weight excluding hydrogens is 396 g/mol. The molecule has 0 saturated carbocycles. The predicted molar refractivity (Wildman–Crippen MR) is 128 cm³/mol. The van der Waals surface area contributed by atoms with Gasteiger partial charge in [-0.1, -0.05) is 91.0 Å². The smallest absolute Gasteiger partial charge is 0.342 e. The number of aryl methyl sites for hydroxylation is 1. The van der Waals surface area contributed by atoms with Crippen molar-refractivity contribution < 1.29 is 9.52 Å². The van der Waals surface area contributed by atoms with Gasteiger partial charge in [0.25, 0.3) is 0 Å². The van der Waals surface area contributed by atoms with Crippen LogP contribution in [0.15, 0.2) is 106 Å². The van der Waals surface area contributed by atoms with E-state index in [1.54, 1.807) is 6.07 Å². The van der Waals surface area contributed by atoms with E-state index in [2.05, 4.69) is 36.4 Å². The Balaban J connectivity index is 1.49. The topological polar surface area (TPSA) is 50.4 Å². The van der Waals surface area contributed by atoms with Crippen LogP contribution < -0.4 is 5.63 Å². The van der Waals surface area contributed by atoms with E-state index in [1.807, 2.05) is 54.6 Å². The first-order valence-electron chi connectivity index (χ1n) is 11.2. The van der Waals surface area contributed by atoms with E-state index in [0.717, 1.165) is 19.3 Å². The van der Waals surface area contributed by atoms with Gasteiger partial charge in [-0.3, -0.25) is 0 Å². The average molecular weight is 425 g/mol. The Morgan fingerprint density at radius 2 is 1.31 bits per heavy atom. The second kappa shape index (κ2) is 10.6. The molecule has 4 aromatic rings. The second-order valence-electron chi connectivity index (χ2n) is 8.20. The highest BCUT2D eigenvalue weighted by Crippen LogP contribution is 2.27. The average Bonchev–Trinajstić information content (AvgIpc) is 2.82. The lowest BCUT2D eigenvalue weighted by Crippen LogP contribution is -2.13. The van der Waals surface area contributed by atoms with Crippen molar-refractivity contribution in [3.63, 3.8) is 0 Å². The van der Waals surface area contributed by atoms with Crippen LogP contribution in [0.25, 0.3) is 0 Å². The van der Waals surface area contributed by atoms with Crippen LogP contribution in [0.5, 0.6) is 5.75 Å². The lowest BCUT2D eigenvalue weighted by Gasteiger charge is -2.17. The van der Waals surface area contributed by atoms with Crippen molar-refractivity contribution in [2.24, 2.45) is 0 Å². The van der Waals surface area contributed by atoms with Crippen molar-refractivity contribution in [2.45, 2.75) is 38.0 Å². The molecule has 0 spiro atoms. The summed E-state index contributed by atoms with van der Waals surface area (Å²) in [7, 11) is 0. The number of rotatable bonds is 9. The molecule has 1 unspecified atom stereocenters. The third-order valence-electron chi connectivity index (χ3n) is 5.86. The molecule has 162 valence electrons. The Morgan fingerprint density at radius 3 is 1.94 bits per heavy atom. The zero-order valence-electron chi connectivity index (χ0n) is 18.1. The Labute approximate surface area is 189 Å². The van der Waals surface area contributed by atoms with E-state index in [0.29, 0.717) is 24.2 Å². The van der Waals surface area contributed by atoms with Crippen LogP contribution in [0, 0.1) is 0 Å². The summed E-state index contributed by atoms with van der Waals surface area (Å²) >= 11 is 0. The van der Waals surface area contributed by atoms with Gasteiger partial charge in [-0.2, -0.15) is 0 Å². The Bertz CT molecular complexity index is 1170. The fourth-order valence-corrected chi connectivity index (χ4v) is 4.17. The summed E-state index contributed by atoms with van der Waals surface area (Å²) in [5.41, 5.74) is 3.57. The first-order chi connectivity index (χ1) is 15.7. The molecule has 1 N–H and O–H groups in total. The van der Waals surface area contributed by atoms with Crippen LogP contribution in [0.3, 0.4) is 0 Å². The summed E-state index contributed by atoms with van der Waals surface area (Å²) in [5, 5.41) is 10.6. The standard InChI is InChI=1S/C29H28O3/c30-28-21-26(32-29(31)27(28)18-10-15-22-11-4-1-5-12-22)20-25(24-16-8-3-9-17-24)19-23-13-6-2-7-14-23/h1-9,11-14,16-17,21,25,30H,10,15,18-20H2.